The van der Waals surface area contributed by atoms with Crippen LogP contribution >= 0.6 is 0 Å². The van der Waals surface area contributed by atoms with Crippen LogP contribution in [0.15, 0.2) is 69.7 Å². The van der Waals surface area contributed by atoms with Gasteiger partial charge >= 0.3 is 6.01 Å². The van der Waals surface area contributed by atoms with Gasteiger partial charge in [-0.3, -0.25) is 0 Å². The van der Waals surface area contributed by atoms with Gasteiger partial charge in [-0.15, -0.1) is 0 Å². The number of furan rings is 1. The van der Waals surface area contributed by atoms with Crippen LogP contribution in [0.4, 0.5) is 22.0 Å². The summed E-state index contributed by atoms with van der Waals surface area (Å²) in [5.41, 5.74) is 2.63. The zero-order valence-electron chi connectivity index (χ0n) is 17.6. The molecule has 3 heterocycles. The molecule has 0 atom stereocenters. The van der Waals surface area contributed by atoms with Crippen LogP contribution in [-0.4, -0.2) is 26.5 Å². The Morgan fingerprint density at radius 1 is 0.970 bits per heavy atom. The van der Waals surface area contributed by atoms with Gasteiger partial charge in [0, 0.05) is 11.3 Å². The van der Waals surface area contributed by atoms with E-state index in [9.17, 15) is 4.39 Å². The molecule has 0 unspecified atom stereocenters. The van der Waals surface area contributed by atoms with E-state index in [-0.39, 0.29) is 11.8 Å². The number of oxazole rings is 1. The van der Waals surface area contributed by atoms with E-state index in [1.807, 2.05) is 31.2 Å². The van der Waals surface area contributed by atoms with Gasteiger partial charge in [0.2, 0.25) is 17.8 Å². The lowest BCUT2D eigenvalue weighted by Crippen LogP contribution is -2.09. The molecule has 3 aromatic heterocycles. The number of ether oxygens (including phenoxy) is 1. The molecule has 2 aromatic carbocycles. The first-order chi connectivity index (χ1) is 16.2. The summed E-state index contributed by atoms with van der Waals surface area (Å²) in [4.78, 5) is 17.5. The standard InChI is InChI=1S/C23H19FN6O3/c1-2-31-23-29-21(25-13-17-4-3-11-32-17)28-22(30-23)26-16-9-10-19-18(12-16)27-20(33-19)14-5-7-15(24)8-6-14/h3-12H,2,13H2,1H3,(H2,25,26,28,29,30). The van der Waals surface area contributed by atoms with Crippen molar-refractivity contribution < 1.29 is 18.0 Å². The molecule has 33 heavy (non-hydrogen) atoms. The van der Waals surface area contributed by atoms with Gasteiger partial charge in [0.25, 0.3) is 0 Å². The number of fused-ring (bicyclic) bond motifs is 1. The Labute approximate surface area is 187 Å². The molecule has 0 bridgehead atoms. The quantitative estimate of drug-likeness (QED) is 0.333. The number of nitrogens with one attached hydrogen (secondary N) is 2. The van der Waals surface area contributed by atoms with Crippen LogP contribution in [0.1, 0.15) is 12.7 Å². The van der Waals surface area contributed by atoms with Gasteiger partial charge in [-0.2, -0.15) is 15.0 Å². The number of aromatic nitrogens is 4. The second-order valence-corrected chi connectivity index (χ2v) is 6.96. The third kappa shape index (κ3) is 4.74. The lowest BCUT2D eigenvalue weighted by Gasteiger charge is -2.09. The molecule has 0 spiro atoms. The summed E-state index contributed by atoms with van der Waals surface area (Å²) in [5, 5.41) is 6.25. The smallest absolute Gasteiger partial charge is 0.323 e. The predicted octanol–water partition coefficient (Wildman–Crippen LogP) is 5.17. The number of hydrogen-bond donors (Lipinski definition) is 2. The second-order valence-electron chi connectivity index (χ2n) is 6.96. The number of benzene rings is 2. The highest BCUT2D eigenvalue weighted by atomic mass is 19.1. The van der Waals surface area contributed by atoms with E-state index in [1.165, 1.54) is 12.1 Å². The van der Waals surface area contributed by atoms with Crippen LogP contribution in [0.5, 0.6) is 6.01 Å². The molecule has 0 aliphatic carbocycles. The molecule has 0 aliphatic rings. The van der Waals surface area contributed by atoms with Gasteiger partial charge in [-0.25, -0.2) is 9.37 Å². The van der Waals surface area contributed by atoms with E-state index in [4.69, 9.17) is 13.6 Å². The van der Waals surface area contributed by atoms with Crippen LogP contribution < -0.4 is 15.4 Å². The molecule has 0 aliphatic heterocycles. The predicted molar refractivity (Wildman–Crippen MR) is 120 cm³/mol. The molecule has 0 saturated carbocycles. The topological polar surface area (TPSA) is 111 Å². The molecule has 5 rings (SSSR count). The van der Waals surface area contributed by atoms with Crippen LogP contribution in [-0.2, 0) is 6.54 Å². The molecule has 5 aromatic rings. The van der Waals surface area contributed by atoms with Crippen molar-refractivity contribution in [2.24, 2.45) is 0 Å². The van der Waals surface area contributed by atoms with Crippen molar-refractivity contribution in [3.05, 3.63) is 72.4 Å². The molecule has 0 radical (unpaired) electrons. The third-order valence-corrected chi connectivity index (χ3v) is 4.62. The number of rotatable bonds is 8. The van der Waals surface area contributed by atoms with Gasteiger partial charge in [0.1, 0.15) is 17.1 Å². The Kier molecular flexibility index (Phi) is 5.54. The summed E-state index contributed by atoms with van der Waals surface area (Å²) in [5.74, 6) is 1.48. The molecular formula is C23H19FN6O3. The van der Waals surface area contributed by atoms with Crippen molar-refractivity contribution in [1.29, 1.82) is 0 Å². The molecule has 0 saturated heterocycles. The molecule has 9 nitrogen and oxygen atoms in total. The molecule has 0 fully saturated rings. The first kappa shape index (κ1) is 20.4. The molecular weight excluding hydrogens is 427 g/mol. The van der Waals surface area contributed by atoms with E-state index in [0.717, 1.165) is 5.76 Å². The lowest BCUT2D eigenvalue weighted by molar-refractivity contribution is 0.312. The van der Waals surface area contributed by atoms with E-state index < -0.39 is 0 Å². The fraction of sp³-hybridized carbons (Fsp3) is 0.130. The van der Waals surface area contributed by atoms with Gasteiger partial charge in [0.05, 0.1) is 19.4 Å². The molecule has 166 valence electrons. The largest absolute Gasteiger partial charge is 0.467 e. The Bertz CT molecular complexity index is 1370. The molecule has 0 amide bonds. The van der Waals surface area contributed by atoms with Crippen molar-refractivity contribution in [3.63, 3.8) is 0 Å². The first-order valence-corrected chi connectivity index (χ1v) is 10.2. The number of hydrogen-bond acceptors (Lipinski definition) is 9. The van der Waals surface area contributed by atoms with Crippen molar-refractivity contribution in [1.82, 2.24) is 19.9 Å². The zero-order chi connectivity index (χ0) is 22.6. The highest BCUT2D eigenvalue weighted by Gasteiger charge is 2.12. The summed E-state index contributed by atoms with van der Waals surface area (Å²) in [7, 11) is 0. The van der Waals surface area contributed by atoms with Crippen LogP contribution in [0.2, 0.25) is 0 Å². The van der Waals surface area contributed by atoms with E-state index in [1.54, 1.807) is 24.5 Å². The number of halogens is 1. The first-order valence-electron chi connectivity index (χ1n) is 10.2. The molecule has 2 N–H and O–H groups in total. The summed E-state index contributed by atoms with van der Waals surface area (Å²) < 4.78 is 29.8. The zero-order valence-corrected chi connectivity index (χ0v) is 17.6. The highest BCUT2D eigenvalue weighted by molar-refractivity contribution is 5.80. The van der Waals surface area contributed by atoms with Crippen molar-refractivity contribution >= 4 is 28.7 Å². The summed E-state index contributed by atoms with van der Waals surface area (Å²) >= 11 is 0. The summed E-state index contributed by atoms with van der Waals surface area (Å²) in [6, 6.07) is 15.3. The van der Waals surface area contributed by atoms with Gasteiger partial charge in [-0.05, 0) is 61.5 Å². The third-order valence-electron chi connectivity index (χ3n) is 4.62. The average molecular weight is 446 g/mol. The summed E-state index contributed by atoms with van der Waals surface area (Å²) in [6.07, 6.45) is 1.60. The monoisotopic (exact) mass is 446 g/mol. The van der Waals surface area contributed by atoms with Crippen molar-refractivity contribution in [3.8, 4) is 17.5 Å². The average Bonchev–Trinajstić information content (AvgIpc) is 3.48. The highest BCUT2D eigenvalue weighted by Crippen LogP contribution is 2.27. The second kappa shape index (κ2) is 8.95. The van der Waals surface area contributed by atoms with E-state index >= 15 is 0 Å². The summed E-state index contributed by atoms with van der Waals surface area (Å²) in [6.45, 7) is 2.68. The number of anilines is 3. The van der Waals surface area contributed by atoms with Gasteiger partial charge < -0.3 is 24.2 Å². The maximum absolute atomic E-state index is 13.2. The Balaban J connectivity index is 1.38. The maximum atomic E-state index is 13.2. The Morgan fingerprint density at radius 3 is 2.61 bits per heavy atom. The van der Waals surface area contributed by atoms with Crippen molar-refractivity contribution in [2.75, 3.05) is 17.2 Å². The maximum Gasteiger partial charge on any atom is 0.323 e. The minimum absolute atomic E-state index is 0.193. The van der Waals surface area contributed by atoms with E-state index in [0.29, 0.717) is 53.3 Å². The van der Waals surface area contributed by atoms with Gasteiger partial charge in [-0.1, -0.05) is 0 Å². The van der Waals surface area contributed by atoms with Crippen molar-refractivity contribution in [2.45, 2.75) is 13.5 Å². The minimum atomic E-state index is -0.317. The fourth-order valence-electron chi connectivity index (χ4n) is 3.11. The number of nitrogens with zero attached hydrogens (tertiary/aromatic N) is 4. The van der Waals surface area contributed by atoms with E-state index in [2.05, 4.69) is 30.6 Å². The van der Waals surface area contributed by atoms with Gasteiger partial charge in [0.15, 0.2) is 5.58 Å². The lowest BCUT2D eigenvalue weighted by atomic mass is 10.2. The van der Waals surface area contributed by atoms with Crippen LogP contribution in [0, 0.1) is 5.82 Å². The van der Waals surface area contributed by atoms with Crippen LogP contribution in [0.25, 0.3) is 22.6 Å². The normalized spacial score (nSPS) is 11.0. The SMILES string of the molecule is CCOc1nc(NCc2ccco2)nc(Nc2ccc3oc(-c4ccc(F)cc4)nc3c2)n1. The Hall–Kier alpha value is -4.47. The minimum Gasteiger partial charge on any atom is -0.467 e. The Morgan fingerprint density at radius 2 is 1.82 bits per heavy atom. The fourth-order valence-corrected chi connectivity index (χ4v) is 3.11. The van der Waals surface area contributed by atoms with Crippen LogP contribution in [0.3, 0.4) is 0 Å². The molecule has 10 heteroatoms.